The van der Waals surface area contributed by atoms with Crippen molar-refractivity contribution in [2.24, 2.45) is 0 Å². The number of nitriles is 1. The molecule has 0 unspecified atom stereocenters. The third-order valence-electron chi connectivity index (χ3n) is 7.64. The fraction of sp³-hybridized carbons (Fsp3) is 0.219. The summed E-state index contributed by atoms with van der Waals surface area (Å²) < 4.78 is 22.1. The summed E-state index contributed by atoms with van der Waals surface area (Å²) in [7, 11) is 0. The molecule has 0 saturated carbocycles. The van der Waals surface area contributed by atoms with E-state index < -0.39 is 11.4 Å². The largest absolute Gasteiger partial charge is 0.489 e. The molecule has 216 valence electrons. The highest BCUT2D eigenvalue weighted by Crippen LogP contribution is 2.26. The van der Waals surface area contributed by atoms with E-state index in [9.17, 15) is 19.1 Å². The fourth-order valence-electron chi connectivity index (χ4n) is 5.17. The van der Waals surface area contributed by atoms with Crippen LogP contribution >= 0.6 is 0 Å². The number of aliphatic hydroxyl groups is 1. The normalized spacial score (nSPS) is 14.4. The lowest BCUT2D eigenvalue weighted by Gasteiger charge is -2.38. The first-order valence-corrected chi connectivity index (χ1v) is 13.7. The Morgan fingerprint density at radius 3 is 2.53 bits per heavy atom. The van der Waals surface area contributed by atoms with Gasteiger partial charge in [0.1, 0.15) is 29.9 Å². The zero-order valence-electron chi connectivity index (χ0n) is 23.1. The molecule has 0 atom stereocenters. The first-order chi connectivity index (χ1) is 20.8. The minimum absolute atomic E-state index is 0.0250. The van der Waals surface area contributed by atoms with E-state index in [2.05, 4.69) is 16.2 Å². The molecule has 1 amide bonds. The number of fused-ring (bicyclic) bond motifs is 1. The summed E-state index contributed by atoms with van der Waals surface area (Å²) in [6.45, 7) is 0.952. The molecule has 3 aromatic carbocycles. The maximum atomic E-state index is 13.4. The van der Waals surface area contributed by atoms with E-state index in [-0.39, 0.29) is 30.9 Å². The number of ether oxygens (including phenoxy) is 1. The number of halogens is 1. The van der Waals surface area contributed by atoms with Crippen LogP contribution in [0, 0.1) is 17.1 Å². The summed E-state index contributed by atoms with van der Waals surface area (Å²) in [5.74, 6) is -0.0338. The van der Waals surface area contributed by atoms with Gasteiger partial charge in [0.15, 0.2) is 5.65 Å². The van der Waals surface area contributed by atoms with Gasteiger partial charge in [-0.15, -0.1) is 0 Å². The van der Waals surface area contributed by atoms with Gasteiger partial charge in [0, 0.05) is 24.7 Å². The first-order valence-electron chi connectivity index (χ1n) is 13.7. The summed E-state index contributed by atoms with van der Waals surface area (Å²) >= 11 is 0. The van der Waals surface area contributed by atoms with E-state index in [1.807, 2.05) is 30.3 Å². The Bertz CT molecular complexity index is 1880. The SMILES string of the molecule is N#Cc1ccc(COc2cccc(-n3ncc4c(=O)n(CC5(O)CCN(C(=O)c6ccc(F)cc6)CC5)cnc43)c2)cc1. The lowest BCUT2D eigenvalue weighted by atomic mass is 9.91. The molecule has 0 radical (unpaired) electrons. The highest BCUT2D eigenvalue weighted by Gasteiger charge is 2.35. The number of benzene rings is 3. The number of piperidine rings is 1. The summed E-state index contributed by atoms with van der Waals surface area (Å²) in [6, 6.07) is 21.9. The van der Waals surface area contributed by atoms with Crippen molar-refractivity contribution in [3.8, 4) is 17.5 Å². The van der Waals surface area contributed by atoms with Crippen molar-refractivity contribution in [2.75, 3.05) is 13.1 Å². The Balaban J connectivity index is 1.14. The van der Waals surface area contributed by atoms with E-state index in [1.165, 1.54) is 41.4 Å². The molecule has 0 spiro atoms. The number of rotatable bonds is 7. The number of nitrogens with zero attached hydrogens (tertiary/aromatic N) is 6. The maximum absolute atomic E-state index is 13.4. The van der Waals surface area contributed by atoms with Gasteiger partial charge in [-0.3, -0.25) is 14.2 Å². The zero-order valence-corrected chi connectivity index (χ0v) is 23.1. The molecule has 1 fully saturated rings. The average Bonchev–Trinajstić information content (AvgIpc) is 3.47. The molecule has 6 rings (SSSR count). The standard InChI is InChI=1S/C32H27FN6O4/c33-25-10-8-24(9-11-25)30(40)37-14-12-32(42,13-15-37)20-38-21-35-29-28(31(38)41)18-36-39(29)26-2-1-3-27(16-26)43-19-23-6-4-22(17-34)5-7-23/h1-11,16,18,21,42H,12-15,19-20H2. The van der Waals surface area contributed by atoms with Gasteiger partial charge in [-0.2, -0.15) is 10.4 Å². The van der Waals surface area contributed by atoms with Crippen molar-refractivity contribution < 1.29 is 19.0 Å². The number of aromatic nitrogens is 4. The molecule has 1 aliphatic rings. The summed E-state index contributed by atoms with van der Waals surface area (Å²) in [4.78, 5) is 32.3. The smallest absolute Gasteiger partial charge is 0.264 e. The van der Waals surface area contributed by atoms with Crippen LogP contribution in [-0.4, -0.2) is 53.9 Å². The van der Waals surface area contributed by atoms with Gasteiger partial charge in [-0.1, -0.05) is 18.2 Å². The van der Waals surface area contributed by atoms with Gasteiger partial charge in [-0.25, -0.2) is 14.1 Å². The van der Waals surface area contributed by atoms with Gasteiger partial charge in [0.05, 0.1) is 35.7 Å². The lowest BCUT2D eigenvalue weighted by molar-refractivity contribution is -0.0299. The topological polar surface area (TPSA) is 126 Å². The summed E-state index contributed by atoms with van der Waals surface area (Å²) in [5, 5.41) is 24.9. The molecule has 0 bridgehead atoms. The number of carbonyl (C=O) groups is 1. The molecule has 2 aromatic heterocycles. The Morgan fingerprint density at radius 1 is 1.07 bits per heavy atom. The Hall–Kier alpha value is -5.34. The number of carbonyl (C=O) groups excluding carboxylic acids is 1. The van der Waals surface area contributed by atoms with Crippen LogP contribution in [0.25, 0.3) is 16.7 Å². The number of amides is 1. The van der Waals surface area contributed by atoms with E-state index >= 15 is 0 Å². The molecular formula is C32H27FN6O4. The quantitative estimate of drug-likeness (QED) is 0.311. The van der Waals surface area contributed by atoms with Crippen LogP contribution in [0.5, 0.6) is 5.75 Å². The van der Waals surface area contributed by atoms with Crippen molar-refractivity contribution in [1.29, 1.82) is 5.26 Å². The van der Waals surface area contributed by atoms with Gasteiger partial charge in [0.2, 0.25) is 0 Å². The molecule has 1 aliphatic heterocycles. The van der Waals surface area contributed by atoms with Gasteiger partial charge in [-0.05, 0) is 66.9 Å². The van der Waals surface area contributed by atoms with E-state index in [1.54, 1.807) is 27.8 Å². The number of hydrogen-bond acceptors (Lipinski definition) is 7. The van der Waals surface area contributed by atoms with Gasteiger partial charge in [0.25, 0.3) is 11.5 Å². The summed E-state index contributed by atoms with van der Waals surface area (Å²) in [5.41, 5.74) is 1.39. The van der Waals surface area contributed by atoms with E-state index in [4.69, 9.17) is 10.00 Å². The number of likely N-dealkylation sites (tertiary alicyclic amines) is 1. The monoisotopic (exact) mass is 578 g/mol. The zero-order chi connectivity index (χ0) is 30.0. The highest BCUT2D eigenvalue weighted by molar-refractivity contribution is 5.94. The third kappa shape index (κ3) is 5.86. The van der Waals surface area contributed by atoms with Crippen LogP contribution in [0.2, 0.25) is 0 Å². The molecule has 10 nitrogen and oxygen atoms in total. The molecular weight excluding hydrogens is 551 g/mol. The van der Waals surface area contributed by atoms with Crippen LogP contribution < -0.4 is 10.3 Å². The van der Waals surface area contributed by atoms with Crippen LogP contribution in [0.1, 0.15) is 34.3 Å². The summed E-state index contributed by atoms with van der Waals surface area (Å²) in [6.07, 6.45) is 3.42. The molecule has 1 saturated heterocycles. The van der Waals surface area contributed by atoms with Gasteiger partial charge < -0.3 is 14.7 Å². The Labute approximate surface area is 245 Å². The molecule has 43 heavy (non-hydrogen) atoms. The fourth-order valence-corrected chi connectivity index (χ4v) is 5.17. The van der Waals surface area contributed by atoms with Crippen LogP contribution in [0.3, 0.4) is 0 Å². The van der Waals surface area contributed by atoms with Crippen molar-refractivity contribution in [1.82, 2.24) is 24.2 Å². The van der Waals surface area contributed by atoms with Crippen molar-refractivity contribution in [2.45, 2.75) is 31.6 Å². The van der Waals surface area contributed by atoms with Crippen LogP contribution in [0.15, 0.2) is 90.1 Å². The second kappa shape index (κ2) is 11.5. The number of hydrogen-bond donors (Lipinski definition) is 1. The molecule has 0 aliphatic carbocycles. The van der Waals surface area contributed by atoms with Crippen molar-refractivity contribution >= 4 is 16.9 Å². The van der Waals surface area contributed by atoms with Gasteiger partial charge >= 0.3 is 0 Å². The first kappa shape index (κ1) is 27.8. The molecule has 3 heterocycles. The minimum atomic E-state index is -1.20. The molecule has 5 aromatic rings. The highest BCUT2D eigenvalue weighted by atomic mass is 19.1. The minimum Gasteiger partial charge on any atom is -0.489 e. The third-order valence-corrected chi connectivity index (χ3v) is 7.64. The van der Waals surface area contributed by atoms with Crippen LogP contribution in [0.4, 0.5) is 4.39 Å². The predicted octanol–water partition coefficient (Wildman–Crippen LogP) is 3.84. The Kier molecular flexibility index (Phi) is 7.44. The molecule has 11 heteroatoms. The average molecular weight is 579 g/mol. The van der Waals surface area contributed by atoms with E-state index in [0.29, 0.717) is 53.3 Å². The lowest BCUT2D eigenvalue weighted by Crippen LogP contribution is -2.49. The molecule has 1 N–H and O–H groups in total. The van der Waals surface area contributed by atoms with Crippen molar-refractivity contribution in [3.05, 3.63) is 118 Å². The second-order valence-electron chi connectivity index (χ2n) is 10.6. The predicted molar refractivity (Wildman–Crippen MR) is 155 cm³/mol. The van der Waals surface area contributed by atoms with Crippen LogP contribution in [-0.2, 0) is 13.2 Å². The van der Waals surface area contributed by atoms with Crippen molar-refractivity contribution in [3.63, 3.8) is 0 Å². The maximum Gasteiger partial charge on any atom is 0.264 e. The Morgan fingerprint density at radius 2 is 1.81 bits per heavy atom. The van der Waals surface area contributed by atoms with E-state index in [0.717, 1.165) is 5.56 Å². The second-order valence-corrected chi connectivity index (χ2v) is 10.6.